The van der Waals surface area contributed by atoms with E-state index in [4.69, 9.17) is 17.0 Å². The van der Waals surface area contributed by atoms with Gasteiger partial charge in [0.1, 0.15) is 5.84 Å². The summed E-state index contributed by atoms with van der Waals surface area (Å²) in [4.78, 5) is 14.1. The van der Waals surface area contributed by atoms with Crippen LogP contribution in [0.2, 0.25) is 0 Å². The number of likely N-dealkylation sites (tertiary alicyclic amines) is 1. The third kappa shape index (κ3) is 3.95. The molecule has 1 heterocycles. The van der Waals surface area contributed by atoms with Crippen LogP contribution in [0.25, 0.3) is 0 Å². The molecule has 1 fully saturated rings. The monoisotopic (exact) mass is 289 g/mol. The lowest BCUT2D eigenvalue weighted by molar-refractivity contribution is 0.132. The van der Waals surface area contributed by atoms with Gasteiger partial charge in [0.05, 0.1) is 6.54 Å². The van der Waals surface area contributed by atoms with E-state index < -0.39 is 0 Å². The van der Waals surface area contributed by atoms with E-state index in [-0.39, 0.29) is 11.9 Å². The molecule has 6 nitrogen and oxygen atoms in total. The van der Waals surface area contributed by atoms with Gasteiger partial charge in [-0.15, -0.1) is 0 Å². The third-order valence-corrected chi connectivity index (χ3v) is 3.89. The number of piperidine rings is 1. The topological polar surface area (TPSA) is 99.4 Å². The van der Waals surface area contributed by atoms with Crippen molar-refractivity contribution in [1.29, 1.82) is 5.41 Å². The summed E-state index contributed by atoms with van der Waals surface area (Å²) in [6, 6.07) is 7.09. The lowest BCUT2D eigenvalue weighted by atomic mass is 10.00. The highest BCUT2D eigenvalue weighted by Crippen LogP contribution is 2.17. The molecule has 0 unspecified atom stereocenters. The highest BCUT2D eigenvalue weighted by atomic mass is 16.2. The van der Waals surface area contributed by atoms with Crippen molar-refractivity contribution in [1.82, 2.24) is 9.91 Å². The number of hydrazine groups is 1. The average molecular weight is 289 g/mol. The molecular weight excluding hydrogens is 266 g/mol. The minimum absolute atomic E-state index is 0.0109. The fourth-order valence-electron chi connectivity index (χ4n) is 2.48. The molecule has 1 aliphatic heterocycles. The second kappa shape index (κ2) is 6.58. The van der Waals surface area contributed by atoms with Crippen LogP contribution >= 0.6 is 0 Å². The number of rotatable bonds is 3. The molecule has 0 aromatic heterocycles. The highest BCUT2D eigenvalue weighted by Gasteiger charge is 2.23. The number of amidine groups is 1. The lowest BCUT2D eigenvalue weighted by Crippen LogP contribution is -2.49. The summed E-state index contributed by atoms with van der Waals surface area (Å²) in [5.41, 5.74) is 6.97. The molecule has 2 amide bonds. The van der Waals surface area contributed by atoms with Gasteiger partial charge in [-0.1, -0.05) is 25.1 Å². The number of benzene rings is 1. The van der Waals surface area contributed by atoms with Crippen LogP contribution in [0, 0.1) is 11.3 Å². The van der Waals surface area contributed by atoms with Crippen LogP contribution in [0.4, 0.5) is 4.79 Å². The Balaban J connectivity index is 1.97. The first-order valence-electron chi connectivity index (χ1n) is 7.22. The van der Waals surface area contributed by atoms with Crippen LogP contribution in [0.15, 0.2) is 24.3 Å². The maximum absolute atomic E-state index is 12.3. The fraction of sp³-hybridized carbons (Fsp3) is 0.467. The number of nitrogens with zero attached hydrogens (tertiary/aromatic N) is 2. The standard InChI is InChI=1S/C15H23N5O/c1-11-5-7-19(8-6-11)15(21)20(18)10-12-3-2-4-13(9-12)14(16)17/h2-4,9,11H,5-8,10,18H2,1H3,(H3,16,17). The molecule has 1 aliphatic rings. The predicted molar refractivity (Wildman–Crippen MR) is 82.6 cm³/mol. The number of carbonyl (C=O) groups excluding carboxylic acids is 1. The Labute approximate surface area is 125 Å². The number of hydrogen-bond donors (Lipinski definition) is 3. The van der Waals surface area contributed by atoms with Gasteiger partial charge < -0.3 is 10.6 Å². The number of nitrogens with two attached hydrogens (primary N) is 2. The molecule has 0 radical (unpaired) electrons. The Bertz CT molecular complexity index is 523. The van der Waals surface area contributed by atoms with Crippen molar-refractivity contribution in [3.05, 3.63) is 35.4 Å². The van der Waals surface area contributed by atoms with Crippen molar-refractivity contribution in [2.45, 2.75) is 26.3 Å². The van der Waals surface area contributed by atoms with Crippen molar-refractivity contribution >= 4 is 11.9 Å². The largest absolute Gasteiger partial charge is 0.384 e. The first-order chi connectivity index (χ1) is 9.97. The SMILES string of the molecule is CC1CCN(C(=O)N(N)Cc2cccc(C(=N)N)c2)CC1. The number of urea groups is 1. The number of amides is 2. The van der Waals surface area contributed by atoms with Gasteiger partial charge in [-0.25, -0.2) is 10.6 Å². The Morgan fingerprint density at radius 1 is 1.43 bits per heavy atom. The fourth-order valence-corrected chi connectivity index (χ4v) is 2.48. The number of nitrogen functional groups attached to an aromatic ring is 1. The molecule has 5 N–H and O–H groups in total. The molecule has 0 saturated carbocycles. The second-order valence-corrected chi connectivity index (χ2v) is 5.69. The lowest BCUT2D eigenvalue weighted by Gasteiger charge is -2.33. The summed E-state index contributed by atoms with van der Waals surface area (Å²) in [5.74, 6) is 6.58. The molecule has 1 saturated heterocycles. The maximum Gasteiger partial charge on any atom is 0.334 e. The minimum Gasteiger partial charge on any atom is -0.384 e. The third-order valence-electron chi connectivity index (χ3n) is 3.89. The van der Waals surface area contributed by atoms with Gasteiger partial charge in [0.25, 0.3) is 0 Å². The van der Waals surface area contributed by atoms with E-state index in [2.05, 4.69) is 6.92 Å². The molecule has 0 spiro atoms. The minimum atomic E-state index is -0.143. The van der Waals surface area contributed by atoms with Crippen LogP contribution < -0.4 is 11.6 Å². The number of hydrogen-bond acceptors (Lipinski definition) is 3. The van der Waals surface area contributed by atoms with E-state index in [0.717, 1.165) is 31.5 Å². The van der Waals surface area contributed by atoms with E-state index in [0.29, 0.717) is 18.0 Å². The van der Waals surface area contributed by atoms with Gasteiger partial charge in [0, 0.05) is 18.7 Å². The Hall–Kier alpha value is -2.08. The summed E-state index contributed by atoms with van der Waals surface area (Å²) < 4.78 is 0. The first kappa shape index (κ1) is 15.3. The average Bonchev–Trinajstić information content (AvgIpc) is 2.47. The zero-order valence-corrected chi connectivity index (χ0v) is 12.4. The zero-order chi connectivity index (χ0) is 15.4. The molecule has 21 heavy (non-hydrogen) atoms. The molecule has 0 aliphatic carbocycles. The van der Waals surface area contributed by atoms with Gasteiger partial charge in [-0.3, -0.25) is 10.4 Å². The van der Waals surface area contributed by atoms with Gasteiger partial charge in [0.2, 0.25) is 0 Å². The predicted octanol–water partition coefficient (Wildman–Crippen LogP) is 1.50. The molecule has 6 heteroatoms. The normalized spacial score (nSPS) is 15.8. The van der Waals surface area contributed by atoms with Crippen LogP contribution in [-0.4, -0.2) is 34.9 Å². The summed E-state index contributed by atoms with van der Waals surface area (Å²) >= 11 is 0. The summed E-state index contributed by atoms with van der Waals surface area (Å²) in [6.45, 7) is 4.05. The van der Waals surface area contributed by atoms with Crippen LogP contribution in [0.3, 0.4) is 0 Å². The summed E-state index contributed by atoms with van der Waals surface area (Å²) in [7, 11) is 0. The Morgan fingerprint density at radius 2 is 2.10 bits per heavy atom. The molecule has 2 rings (SSSR count). The van der Waals surface area contributed by atoms with Crippen molar-refractivity contribution in [3.8, 4) is 0 Å². The molecule has 114 valence electrons. The molecule has 0 bridgehead atoms. The van der Waals surface area contributed by atoms with E-state index >= 15 is 0 Å². The Morgan fingerprint density at radius 3 is 2.71 bits per heavy atom. The number of nitrogens with one attached hydrogen (secondary N) is 1. The van der Waals surface area contributed by atoms with Gasteiger partial charge in [-0.2, -0.15) is 0 Å². The first-order valence-corrected chi connectivity index (χ1v) is 7.22. The quantitative estimate of drug-likeness (QED) is 0.258. The maximum atomic E-state index is 12.3. The Kier molecular flexibility index (Phi) is 4.80. The van der Waals surface area contributed by atoms with E-state index in [1.165, 1.54) is 5.01 Å². The summed E-state index contributed by atoms with van der Waals surface area (Å²) in [6.07, 6.45) is 2.05. The van der Waals surface area contributed by atoms with Gasteiger partial charge in [0.15, 0.2) is 0 Å². The number of carbonyl (C=O) groups is 1. The highest BCUT2D eigenvalue weighted by molar-refractivity contribution is 5.95. The van der Waals surface area contributed by atoms with Crippen LogP contribution in [-0.2, 0) is 6.54 Å². The van der Waals surface area contributed by atoms with Crippen molar-refractivity contribution in [3.63, 3.8) is 0 Å². The molecular formula is C15H23N5O. The van der Waals surface area contributed by atoms with E-state index in [1.54, 1.807) is 17.0 Å². The van der Waals surface area contributed by atoms with Gasteiger partial charge in [-0.05, 0) is 30.4 Å². The van der Waals surface area contributed by atoms with Crippen LogP contribution in [0.5, 0.6) is 0 Å². The molecule has 1 aromatic rings. The second-order valence-electron chi connectivity index (χ2n) is 5.69. The van der Waals surface area contributed by atoms with E-state index in [1.807, 2.05) is 12.1 Å². The zero-order valence-electron chi connectivity index (χ0n) is 12.4. The smallest absolute Gasteiger partial charge is 0.334 e. The van der Waals surface area contributed by atoms with Crippen molar-refractivity contribution in [2.75, 3.05) is 13.1 Å². The van der Waals surface area contributed by atoms with Crippen molar-refractivity contribution < 1.29 is 4.79 Å². The molecule has 1 aromatic carbocycles. The summed E-state index contributed by atoms with van der Waals surface area (Å²) in [5, 5.41) is 8.67. The van der Waals surface area contributed by atoms with E-state index in [9.17, 15) is 4.79 Å². The van der Waals surface area contributed by atoms with Crippen LogP contribution in [0.1, 0.15) is 30.9 Å². The molecule has 0 atom stereocenters. The van der Waals surface area contributed by atoms with Crippen molar-refractivity contribution in [2.24, 2.45) is 17.5 Å². The van der Waals surface area contributed by atoms with Gasteiger partial charge >= 0.3 is 6.03 Å².